The summed E-state index contributed by atoms with van der Waals surface area (Å²) in [6.07, 6.45) is 2.53. The Hall–Kier alpha value is -1.70. The van der Waals surface area contributed by atoms with Crippen LogP contribution in [0.4, 0.5) is 0 Å². The van der Waals surface area contributed by atoms with Crippen LogP contribution in [0.1, 0.15) is 18.2 Å². The van der Waals surface area contributed by atoms with Crippen molar-refractivity contribution in [1.29, 1.82) is 0 Å². The molecule has 1 aliphatic heterocycles. The predicted molar refractivity (Wildman–Crippen MR) is 103 cm³/mol. The largest absolute Gasteiger partial charge is 0.317 e. The minimum Gasteiger partial charge on any atom is -0.317 e. The van der Waals surface area contributed by atoms with Crippen LogP contribution >= 0.6 is 0 Å². The Balaban J connectivity index is 1.81. The molecule has 142 valence electrons. The van der Waals surface area contributed by atoms with E-state index in [4.69, 9.17) is 0 Å². The summed E-state index contributed by atoms with van der Waals surface area (Å²) in [5.41, 5.74) is 2.18. The molecule has 2 aromatic rings. The van der Waals surface area contributed by atoms with Crippen molar-refractivity contribution in [2.45, 2.75) is 31.6 Å². The lowest BCUT2D eigenvalue weighted by Gasteiger charge is -2.32. The molecular weight excluding hydrogens is 348 g/mol. The molecule has 0 atom stereocenters. The van der Waals surface area contributed by atoms with Crippen LogP contribution in [-0.2, 0) is 29.3 Å². The van der Waals surface area contributed by atoms with Crippen molar-refractivity contribution in [3.8, 4) is 0 Å². The molecule has 1 saturated heterocycles. The molecule has 3 rings (SSSR count). The summed E-state index contributed by atoms with van der Waals surface area (Å²) in [7, 11) is -1.20. The zero-order valence-electron chi connectivity index (χ0n) is 15.6. The minimum atomic E-state index is -3.34. The molecule has 0 unspecified atom stereocenters. The molecule has 0 amide bonds. The van der Waals surface area contributed by atoms with Gasteiger partial charge in [0.15, 0.2) is 0 Å². The second-order valence-electron chi connectivity index (χ2n) is 6.90. The average molecular weight is 377 g/mol. The summed E-state index contributed by atoms with van der Waals surface area (Å²) < 4.78 is 26.9. The van der Waals surface area contributed by atoms with Gasteiger partial charge in [-0.1, -0.05) is 37.3 Å². The molecule has 0 saturated carbocycles. The SMILES string of the molecule is CCS(=O)(=O)c1ncc(CN2CCN(C)CC2)n1CCc1ccccc1. The molecule has 0 N–H and O–H groups in total. The molecule has 0 aliphatic carbocycles. The van der Waals surface area contributed by atoms with Gasteiger partial charge in [0.25, 0.3) is 0 Å². The van der Waals surface area contributed by atoms with Gasteiger partial charge < -0.3 is 9.47 Å². The first-order valence-corrected chi connectivity index (χ1v) is 10.9. The van der Waals surface area contributed by atoms with Gasteiger partial charge >= 0.3 is 0 Å². The second kappa shape index (κ2) is 8.33. The van der Waals surface area contributed by atoms with Gasteiger partial charge in [-0.05, 0) is 19.0 Å². The molecule has 2 heterocycles. The summed E-state index contributed by atoms with van der Waals surface area (Å²) in [6.45, 7) is 7.12. The van der Waals surface area contributed by atoms with Crippen LogP contribution in [0, 0.1) is 0 Å². The lowest BCUT2D eigenvalue weighted by Crippen LogP contribution is -2.44. The summed E-state index contributed by atoms with van der Waals surface area (Å²) >= 11 is 0. The van der Waals surface area contributed by atoms with Gasteiger partial charge in [-0.25, -0.2) is 13.4 Å². The number of hydrogen-bond acceptors (Lipinski definition) is 5. The average Bonchev–Trinajstić information content (AvgIpc) is 3.06. The number of aryl methyl sites for hydroxylation is 1. The smallest absolute Gasteiger partial charge is 0.227 e. The first-order chi connectivity index (χ1) is 12.5. The standard InChI is InChI=1S/C19H28N4O2S/c1-3-26(24,25)19-20-15-18(16-22-13-11-21(2)12-14-22)23(19)10-9-17-7-5-4-6-8-17/h4-8,15H,3,9-14,16H2,1-2H3. The Morgan fingerprint density at radius 1 is 1.08 bits per heavy atom. The van der Waals surface area contributed by atoms with Gasteiger partial charge in [0.05, 0.1) is 17.6 Å². The van der Waals surface area contributed by atoms with E-state index in [1.807, 2.05) is 22.8 Å². The third-order valence-electron chi connectivity index (χ3n) is 5.01. The van der Waals surface area contributed by atoms with Gasteiger partial charge in [0.2, 0.25) is 15.0 Å². The fraction of sp³-hybridized carbons (Fsp3) is 0.526. The third kappa shape index (κ3) is 4.52. The fourth-order valence-corrected chi connectivity index (χ4v) is 4.27. The van der Waals surface area contributed by atoms with E-state index in [2.05, 4.69) is 34.0 Å². The molecule has 7 heteroatoms. The molecule has 26 heavy (non-hydrogen) atoms. The Morgan fingerprint density at radius 2 is 1.77 bits per heavy atom. The highest BCUT2D eigenvalue weighted by Gasteiger charge is 2.23. The van der Waals surface area contributed by atoms with Gasteiger partial charge in [-0.3, -0.25) is 4.90 Å². The Labute approximate surface area is 156 Å². The maximum absolute atomic E-state index is 12.5. The number of aromatic nitrogens is 2. The van der Waals surface area contributed by atoms with Crippen molar-refractivity contribution in [3.05, 3.63) is 47.8 Å². The fourth-order valence-electron chi connectivity index (χ4n) is 3.26. The summed E-state index contributed by atoms with van der Waals surface area (Å²) in [5.74, 6) is 0.0727. The van der Waals surface area contributed by atoms with Gasteiger partial charge in [0, 0.05) is 39.3 Å². The Morgan fingerprint density at radius 3 is 2.42 bits per heavy atom. The lowest BCUT2D eigenvalue weighted by atomic mass is 10.1. The normalized spacial score (nSPS) is 16.8. The van der Waals surface area contributed by atoms with Crippen LogP contribution in [-0.4, -0.2) is 66.7 Å². The van der Waals surface area contributed by atoms with Crippen molar-refractivity contribution in [2.75, 3.05) is 39.0 Å². The van der Waals surface area contributed by atoms with Crippen LogP contribution in [0.3, 0.4) is 0 Å². The van der Waals surface area contributed by atoms with E-state index in [9.17, 15) is 8.42 Å². The molecule has 6 nitrogen and oxygen atoms in total. The van der Waals surface area contributed by atoms with Crippen LogP contribution in [0.2, 0.25) is 0 Å². The summed E-state index contributed by atoms with van der Waals surface area (Å²) in [4.78, 5) is 8.98. The van der Waals surface area contributed by atoms with Crippen LogP contribution in [0.15, 0.2) is 41.7 Å². The maximum Gasteiger partial charge on any atom is 0.227 e. The molecule has 1 aromatic heterocycles. The number of imidazole rings is 1. The zero-order valence-corrected chi connectivity index (χ0v) is 16.5. The first kappa shape index (κ1) is 19.1. The van der Waals surface area contributed by atoms with E-state index in [0.29, 0.717) is 6.54 Å². The van der Waals surface area contributed by atoms with Crippen molar-refractivity contribution in [2.24, 2.45) is 0 Å². The van der Waals surface area contributed by atoms with Gasteiger partial charge in [0.1, 0.15) is 0 Å². The number of rotatable bonds is 7. The number of benzene rings is 1. The lowest BCUT2D eigenvalue weighted by molar-refractivity contribution is 0.145. The Kier molecular flexibility index (Phi) is 6.11. The first-order valence-electron chi connectivity index (χ1n) is 9.21. The van der Waals surface area contributed by atoms with Gasteiger partial charge in [-0.2, -0.15) is 0 Å². The van der Waals surface area contributed by atoms with E-state index in [1.54, 1.807) is 13.1 Å². The topological polar surface area (TPSA) is 58.4 Å². The van der Waals surface area contributed by atoms with E-state index in [1.165, 1.54) is 5.56 Å². The molecule has 1 fully saturated rings. The van der Waals surface area contributed by atoms with Crippen LogP contribution in [0.25, 0.3) is 0 Å². The van der Waals surface area contributed by atoms with Crippen molar-refractivity contribution < 1.29 is 8.42 Å². The van der Waals surface area contributed by atoms with E-state index in [0.717, 1.165) is 44.8 Å². The zero-order chi connectivity index (χ0) is 18.6. The van der Waals surface area contributed by atoms with E-state index >= 15 is 0 Å². The quantitative estimate of drug-likeness (QED) is 0.736. The molecule has 1 aromatic carbocycles. The highest BCUT2D eigenvalue weighted by atomic mass is 32.2. The molecule has 0 bridgehead atoms. The third-order valence-corrected chi connectivity index (χ3v) is 6.65. The molecular formula is C19H28N4O2S. The van der Waals surface area contributed by atoms with Crippen molar-refractivity contribution in [3.63, 3.8) is 0 Å². The van der Waals surface area contributed by atoms with Gasteiger partial charge in [-0.15, -0.1) is 0 Å². The number of nitrogens with zero attached hydrogens (tertiary/aromatic N) is 4. The second-order valence-corrected chi connectivity index (χ2v) is 9.07. The van der Waals surface area contributed by atoms with E-state index in [-0.39, 0.29) is 10.9 Å². The highest BCUT2D eigenvalue weighted by molar-refractivity contribution is 7.91. The van der Waals surface area contributed by atoms with Crippen LogP contribution in [0.5, 0.6) is 0 Å². The molecule has 1 aliphatic rings. The van der Waals surface area contributed by atoms with Crippen molar-refractivity contribution >= 4 is 9.84 Å². The summed E-state index contributed by atoms with van der Waals surface area (Å²) in [6, 6.07) is 10.2. The number of sulfone groups is 1. The molecule has 0 radical (unpaired) electrons. The summed E-state index contributed by atoms with van der Waals surface area (Å²) in [5, 5.41) is 0.208. The number of piperazine rings is 1. The minimum absolute atomic E-state index is 0.0727. The maximum atomic E-state index is 12.5. The predicted octanol–water partition coefficient (Wildman–Crippen LogP) is 1.67. The monoisotopic (exact) mass is 376 g/mol. The van der Waals surface area contributed by atoms with E-state index < -0.39 is 9.84 Å². The van der Waals surface area contributed by atoms with Crippen molar-refractivity contribution in [1.82, 2.24) is 19.4 Å². The van der Waals surface area contributed by atoms with Crippen LogP contribution < -0.4 is 0 Å². The number of hydrogen-bond donors (Lipinski definition) is 0. The molecule has 0 spiro atoms. The highest BCUT2D eigenvalue weighted by Crippen LogP contribution is 2.17. The Bertz CT molecular complexity index is 809. The number of likely N-dealkylation sites (N-methyl/N-ethyl adjacent to an activating group) is 1.